The Labute approximate surface area is 130 Å². The lowest BCUT2D eigenvalue weighted by Crippen LogP contribution is -2.05. The normalized spacial score (nSPS) is 11.4. The molecule has 7 heteroatoms. The molecule has 0 spiro atoms. The van der Waals surface area contributed by atoms with E-state index in [4.69, 9.17) is 0 Å². The van der Waals surface area contributed by atoms with Gasteiger partial charge in [-0.05, 0) is 17.7 Å². The van der Waals surface area contributed by atoms with Gasteiger partial charge in [-0.1, -0.05) is 30.3 Å². The molecule has 0 amide bonds. The Balaban J connectivity index is 1.67. The van der Waals surface area contributed by atoms with Gasteiger partial charge >= 0.3 is 6.18 Å². The van der Waals surface area contributed by atoms with Gasteiger partial charge in [0, 0.05) is 12.4 Å². The van der Waals surface area contributed by atoms with Crippen LogP contribution in [0.3, 0.4) is 0 Å². The number of halogens is 3. The minimum atomic E-state index is -4.38. The van der Waals surface area contributed by atoms with Crippen LogP contribution in [0, 0.1) is 0 Å². The maximum absolute atomic E-state index is 12.5. The zero-order valence-corrected chi connectivity index (χ0v) is 12.0. The number of pyridine rings is 1. The van der Waals surface area contributed by atoms with Crippen molar-refractivity contribution in [3.63, 3.8) is 0 Å². The Morgan fingerprint density at radius 3 is 2.43 bits per heavy atom. The number of nitrogens with one attached hydrogen (secondary N) is 1. The molecule has 0 aliphatic carbocycles. The van der Waals surface area contributed by atoms with Gasteiger partial charge in [-0.25, -0.2) is 4.98 Å². The molecule has 3 rings (SSSR count). The number of anilines is 2. The van der Waals surface area contributed by atoms with Gasteiger partial charge in [0.15, 0.2) is 0 Å². The second kappa shape index (κ2) is 6.12. The van der Waals surface area contributed by atoms with Crippen LogP contribution in [0.4, 0.5) is 24.7 Å². The summed E-state index contributed by atoms with van der Waals surface area (Å²) in [5, 5.41) is 7.14. The van der Waals surface area contributed by atoms with Crippen LogP contribution in [0.15, 0.2) is 61.1 Å². The van der Waals surface area contributed by atoms with Crippen LogP contribution in [-0.4, -0.2) is 14.8 Å². The van der Waals surface area contributed by atoms with Crippen LogP contribution in [-0.2, 0) is 12.7 Å². The predicted octanol–water partition coefficient (Wildman–Crippen LogP) is 4.09. The Kier molecular flexibility index (Phi) is 4.01. The van der Waals surface area contributed by atoms with Gasteiger partial charge in [0.2, 0.25) is 0 Å². The molecule has 1 N–H and O–H groups in total. The summed E-state index contributed by atoms with van der Waals surface area (Å²) in [6.07, 6.45) is -0.211. The van der Waals surface area contributed by atoms with E-state index in [1.807, 2.05) is 30.3 Å². The second-order valence-corrected chi connectivity index (χ2v) is 4.97. The number of benzene rings is 1. The fourth-order valence-electron chi connectivity index (χ4n) is 2.07. The summed E-state index contributed by atoms with van der Waals surface area (Å²) in [7, 11) is 0. The van der Waals surface area contributed by atoms with Crippen molar-refractivity contribution in [1.82, 2.24) is 14.8 Å². The molecule has 0 atom stereocenters. The molecule has 0 fully saturated rings. The standard InChI is InChI=1S/C16H13F3N4/c17-16(18,19)13-6-7-15(20-8-13)22-14-9-21-23(11-14)10-12-4-2-1-3-5-12/h1-9,11H,10H2,(H,20,22). The monoisotopic (exact) mass is 318 g/mol. The topological polar surface area (TPSA) is 42.7 Å². The SMILES string of the molecule is FC(F)(F)c1ccc(Nc2cnn(Cc3ccccc3)c2)nc1. The highest BCUT2D eigenvalue weighted by Gasteiger charge is 2.30. The molecular formula is C16H13F3N4. The molecule has 0 saturated heterocycles. The van der Waals surface area contributed by atoms with Crippen LogP contribution >= 0.6 is 0 Å². The van der Waals surface area contributed by atoms with Crippen molar-refractivity contribution in [2.75, 3.05) is 5.32 Å². The van der Waals surface area contributed by atoms with Crippen molar-refractivity contribution < 1.29 is 13.2 Å². The first-order valence-corrected chi connectivity index (χ1v) is 6.87. The largest absolute Gasteiger partial charge is 0.417 e. The smallest absolute Gasteiger partial charge is 0.338 e. The number of aromatic nitrogens is 3. The lowest BCUT2D eigenvalue weighted by atomic mass is 10.2. The summed E-state index contributed by atoms with van der Waals surface area (Å²) in [6.45, 7) is 0.614. The van der Waals surface area contributed by atoms with Gasteiger partial charge in [0.05, 0.1) is 24.0 Å². The number of nitrogens with zero attached hydrogens (tertiary/aromatic N) is 3. The fraction of sp³-hybridized carbons (Fsp3) is 0.125. The second-order valence-electron chi connectivity index (χ2n) is 4.97. The summed E-state index contributed by atoms with van der Waals surface area (Å²) >= 11 is 0. The number of hydrogen-bond acceptors (Lipinski definition) is 3. The maximum Gasteiger partial charge on any atom is 0.417 e. The molecule has 0 saturated carbocycles. The highest BCUT2D eigenvalue weighted by Crippen LogP contribution is 2.29. The molecule has 2 heterocycles. The zero-order chi connectivity index (χ0) is 16.3. The Hall–Kier alpha value is -2.83. The van der Waals surface area contributed by atoms with Crippen LogP contribution in [0.25, 0.3) is 0 Å². The first kappa shape index (κ1) is 15.1. The summed E-state index contributed by atoms with van der Waals surface area (Å²) < 4.78 is 39.2. The van der Waals surface area contributed by atoms with Gasteiger partial charge in [0.1, 0.15) is 5.82 Å². The van der Waals surface area contributed by atoms with Crippen LogP contribution in [0.1, 0.15) is 11.1 Å². The van der Waals surface area contributed by atoms with Crippen LogP contribution in [0.5, 0.6) is 0 Å². The van der Waals surface area contributed by atoms with E-state index >= 15 is 0 Å². The third-order valence-corrected chi connectivity index (χ3v) is 3.18. The molecule has 1 aromatic carbocycles. The Bertz CT molecular complexity index is 764. The highest BCUT2D eigenvalue weighted by atomic mass is 19.4. The first-order chi connectivity index (χ1) is 11.0. The van der Waals surface area contributed by atoms with Gasteiger partial charge in [-0.3, -0.25) is 4.68 Å². The Morgan fingerprint density at radius 2 is 1.78 bits per heavy atom. The lowest BCUT2D eigenvalue weighted by Gasteiger charge is -2.07. The third kappa shape index (κ3) is 3.88. The molecule has 0 aliphatic heterocycles. The van der Waals surface area contributed by atoms with Crippen molar-refractivity contribution in [3.05, 3.63) is 72.2 Å². The van der Waals surface area contributed by atoms with Crippen molar-refractivity contribution in [2.45, 2.75) is 12.7 Å². The van der Waals surface area contributed by atoms with Gasteiger partial charge in [0.25, 0.3) is 0 Å². The van der Waals surface area contributed by atoms with E-state index in [1.54, 1.807) is 17.1 Å². The van der Waals surface area contributed by atoms with E-state index in [-0.39, 0.29) is 0 Å². The molecule has 0 unspecified atom stereocenters. The minimum absolute atomic E-state index is 0.331. The molecule has 3 aromatic rings. The van der Waals surface area contributed by atoms with E-state index < -0.39 is 11.7 Å². The predicted molar refractivity (Wildman–Crippen MR) is 80.3 cm³/mol. The zero-order valence-electron chi connectivity index (χ0n) is 12.0. The third-order valence-electron chi connectivity index (χ3n) is 3.18. The Morgan fingerprint density at radius 1 is 1.00 bits per heavy atom. The summed E-state index contributed by atoms with van der Waals surface area (Å²) in [6, 6.07) is 12.1. The molecule has 23 heavy (non-hydrogen) atoms. The van der Waals surface area contributed by atoms with Gasteiger partial charge < -0.3 is 5.32 Å². The van der Waals surface area contributed by atoms with E-state index in [0.717, 1.165) is 17.8 Å². The molecule has 2 aromatic heterocycles. The minimum Gasteiger partial charge on any atom is -0.338 e. The molecule has 118 valence electrons. The molecule has 0 radical (unpaired) electrons. The van der Waals surface area contributed by atoms with Crippen LogP contribution < -0.4 is 5.32 Å². The van der Waals surface area contributed by atoms with Crippen molar-refractivity contribution in [2.24, 2.45) is 0 Å². The van der Waals surface area contributed by atoms with E-state index in [9.17, 15) is 13.2 Å². The van der Waals surface area contributed by atoms with Gasteiger partial charge in [-0.15, -0.1) is 0 Å². The quantitative estimate of drug-likeness (QED) is 0.788. The number of rotatable bonds is 4. The maximum atomic E-state index is 12.5. The van der Waals surface area contributed by atoms with E-state index in [2.05, 4.69) is 15.4 Å². The van der Waals surface area contributed by atoms with Crippen LogP contribution in [0.2, 0.25) is 0 Å². The fourth-order valence-corrected chi connectivity index (χ4v) is 2.07. The summed E-state index contributed by atoms with van der Waals surface area (Å²) in [4.78, 5) is 3.77. The number of hydrogen-bond donors (Lipinski definition) is 1. The summed E-state index contributed by atoms with van der Waals surface area (Å²) in [5.41, 5.74) is 0.991. The molecular weight excluding hydrogens is 305 g/mol. The lowest BCUT2D eigenvalue weighted by molar-refractivity contribution is -0.137. The van der Waals surface area contributed by atoms with Gasteiger partial charge in [-0.2, -0.15) is 18.3 Å². The molecule has 0 aliphatic rings. The molecule has 4 nitrogen and oxygen atoms in total. The van der Waals surface area contributed by atoms with Crippen molar-refractivity contribution >= 4 is 11.5 Å². The average molecular weight is 318 g/mol. The average Bonchev–Trinajstić information content (AvgIpc) is 2.95. The van der Waals surface area contributed by atoms with E-state index in [1.165, 1.54) is 6.07 Å². The first-order valence-electron chi connectivity index (χ1n) is 6.87. The van der Waals surface area contributed by atoms with Crippen molar-refractivity contribution in [1.29, 1.82) is 0 Å². The van der Waals surface area contributed by atoms with E-state index in [0.29, 0.717) is 18.1 Å². The summed E-state index contributed by atoms with van der Waals surface area (Å²) in [5.74, 6) is 0.331. The van der Waals surface area contributed by atoms with Crippen molar-refractivity contribution in [3.8, 4) is 0 Å². The number of alkyl halides is 3. The highest BCUT2D eigenvalue weighted by molar-refractivity contribution is 5.54. The molecule has 0 bridgehead atoms.